The molecule has 0 saturated carbocycles. The number of benzene rings is 3. The Morgan fingerprint density at radius 2 is 1.03 bits per heavy atom. The summed E-state index contributed by atoms with van der Waals surface area (Å²) in [6.07, 6.45) is 0. The third kappa shape index (κ3) is 5.23. The van der Waals surface area contributed by atoms with E-state index < -0.39 is 0 Å². The van der Waals surface area contributed by atoms with Gasteiger partial charge in [0.25, 0.3) is 0 Å². The Balaban J connectivity index is 1.88. The van der Waals surface area contributed by atoms with E-state index in [2.05, 4.69) is 40.8 Å². The summed E-state index contributed by atoms with van der Waals surface area (Å²) in [4.78, 5) is 23.7. The summed E-state index contributed by atoms with van der Waals surface area (Å²) < 4.78 is 11.2. The second-order valence-electron chi connectivity index (χ2n) is 6.32. The summed E-state index contributed by atoms with van der Waals surface area (Å²) in [7, 11) is 0. The summed E-state index contributed by atoms with van der Waals surface area (Å²) in [6.45, 7) is 4.30. The van der Waals surface area contributed by atoms with E-state index in [4.69, 9.17) is 9.47 Å². The van der Waals surface area contributed by atoms with Crippen LogP contribution in [0.1, 0.15) is 34.6 Å². The topological polar surface area (TPSA) is 52.6 Å². The van der Waals surface area contributed by atoms with Gasteiger partial charge in [-0.2, -0.15) is 0 Å². The lowest BCUT2D eigenvalue weighted by Crippen LogP contribution is -2.04. The Bertz CT molecular complexity index is 928. The maximum Gasteiger partial charge on any atom is 0.338 e. The van der Waals surface area contributed by atoms with Crippen LogP contribution in [0, 0.1) is 3.57 Å². The number of hydrogen-bond acceptors (Lipinski definition) is 4. The Morgan fingerprint density at radius 1 is 0.655 bits per heavy atom. The summed E-state index contributed by atoms with van der Waals surface area (Å²) in [5.41, 5.74) is 5.21. The first-order valence-electron chi connectivity index (χ1n) is 9.37. The molecular weight excluding hydrogens is 479 g/mol. The quantitative estimate of drug-likeness (QED) is 0.309. The van der Waals surface area contributed by atoms with E-state index >= 15 is 0 Å². The van der Waals surface area contributed by atoms with E-state index in [9.17, 15) is 9.59 Å². The van der Waals surface area contributed by atoms with E-state index in [0.717, 1.165) is 25.8 Å². The molecule has 3 aromatic rings. The molecule has 29 heavy (non-hydrogen) atoms. The Hall–Kier alpha value is -2.67. The second-order valence-corrected chi connectivity index (χ2v) is 7.57. The second kappa shape index (κ2) is 9.69. The molecule has 0 saturated heterocycles. The number of carbonyl (C=O) groups is 2. The summed E-state index contributed by atoms with van der Waals surface area (Å²) in [5.74, 6) is -0.631. The first kappa shape index (κ1) is 21.0. The molecule has 0 aromatic heterocycles. The molecule has 0 heterocycles. The number of ether oxygens (including phenoxy) is 2. The van der Waals surface area contributed by atoms with Crippen molar-refractivity contribution >= 4 is 34.5 Å². The average Bonchev–Trinajstić information content (AvgIpc) is 2.74. The summed E-state index contributed by atoms with van der Waals surface area (Å²) in [5, 5.41) is 0. The molecule has 0 unspecified atom stereocenters. The van der Waals surface area contributed by atoms with Gasteiger partial charge in [-0.15, -0.1) is 0 Å². The van der Waals surface area contributed by atoms with Gasteiger partial charge in [0.05, 0.1) is 24.3 Å². The van der Waals surface area contributed by atoms with E-state index in [0.29, 0.717) is 24.3 Å². The van der Waals surface area contributed by atoms with E-state index in [1.165, 1.54) is 0 Å². The SMILES string of the molecule is CCOC(=O)c1ccc(-c2cc(I)cc(-c3ccc(C(=O)OCC)cc3)c2)cc1. The van der Waals surface area contributed by atoms with Gasteiger partial charge in [0.2, 0.25) is 0 Å². The van der Waals surface area contributed by atoms with Gasteiger partial charge in [-0.3, -0.25) is 0 Å². The molecule has 0 aliphatic heterocycles. The normalized spacial score (nSPS) is 10.4. The molecule has 0 aliphatic rings. The van der Waals surface area contributed by atoms with Crippen LogP contribution in [0.2, 0.25) is 0 Å². The van der Waals surface area contributed by atoms with Crippen molar-refractivity contribution in [1.82, 2.24) is 0 Å². The van der Waals surface area contributed by atoms with Crippen molar-refractivity contribution in [3.63, 3.8) is 0 Å². The Kier molecular flexibility index (Phi) is 7.04. The maximum atomic E-state index is 11.8. The number of carbonyl (C=O) groups excluding carboxylic acids is 2. The van der Waals surface area contributed by atoms with Crippen LogP contribution in [-0.2, 0) is 9.47 Å². The first-order chi connectivity index (χ1) is 14.0. The number of hydrogen-bond donors (Lipinski definition) is 0. The average molecular weight is 500 g/mol. The summed E-state index contributed by atoms with van der Waals surface area (Å²) in [6, 6.07) is 21.1. The van der Waals surface area contributed by atoms with Crippen LogP contribution in [0.3, 0.4) is 0 Å². The number of esters is 2. The van der Waals surface area contributed by atoms with Crippen LogP contribution in [-0.4, -0.2) is 25.2 Å². The van der Waals surface area contributed by atoms with Gasteiger partial charge in [0.15, 0.2) is 0 Å². The fourth-order valence-corrected chi connectivity index (χ4v) is 3.62. The van der Waals surface area contributed by atoms with Crippen molar-refractivity contribution in [2.45, 2.75) is 13.8 Å². The van der Waals surface area contributed by atoms with Gasteiger partial charge >= 0.3 is 11.9 Å². The molecule has 0 aliphatic carbocycles. The van der Waals surface area contributed by atoms with E-state index in [1.54, 1.807) is 38.1 Å². The van der Waals surface area contributed by atoms with Crippen molar-refractivity contribution in [1.29, 1.82) is 0 Å². The Labute approximate surface area is 184 Å². The molecule has 0 bridgehead atoms. The van der Waals surface area contributed by atoms with Crippen LogP contribution in [0.15, 0.2) is 66.7 Å². The highest BCUT2D eigenvalue weighted by atomic mass is 127. The monoisotopic (exact) mass is 500 g/mol. The van der Waals surface area contributed by atoms with Crippen LogP contribution < -0.4 is 0 Å². The van der Waals surface area contributed by atoms with Gasteiger partial charge in [-0.05, 0) is 101 Å². The Morgan fingerprint density at radius 3 is 1.38 bits per heavy atom. The van der Waals surface area contributed by atoms with Gasteiger partial charge < -0.3 is 9.47 Å². The maximum absolute atomic E-state index is 11.8. The molecule has 3 aromatic carbocycles. The zero-order valence-corrected chi connectivity index (χ0v) is 18.4. The van der Waals surface area contributed by atoms with Crippen molar-refractivity contribution in [2.75, 3.05) is 13.2 Å². The minimum atomic E-state index is -0.316. The fraction of sp³-hybridized carbons (Fsp3) is 0.167. The van der Waals surface area contributed by atoms with Crippen molar-refractivity contribution in [3.05, 3.63) is 81.4 Å². The zero-order chi connectivity index (χ0) is 20.8. The van der Waals surface area contributed by atoms with Gasteiger partial charge in [0.1, 0.15) is 0 Å². The van der Waals surface area contributed by atoms with Crippen LogP contribution in [0.4, 0.5) is 0 Å². The van der Waals surface area contributed by atoms with Crippen LogP contribution in [0.5, 0.6) is 0 Å². The lowest BCUT2D eigenvalue weighted by molar-refractivity contribution is 0.0517. The van der Waals surface area contributed by atoms with Crippen molar-refractivity contribution in [2.24, 2.45) is 0 Å². The lowest BCUT2D eigenvalue weighted by Gasteiger charge is -2.09. The summed E-state index contributed by atoms with van der Waals surface area (Å²) >= 11 is 2.29. The third-order valence-corrected chi connectivity index (χ3v) is 4.98. The van der Waals surface area contributed by atoms with Crippen molar-refractivity contribution in [3.8, 4) is 22.3 Å². The van der Waals surface area contributed by atoms with E-state index in [1.807, 2.05) is 24.3 Å². The highest BCUT2D eigenvalue weighted by Crippen LogP contribution is 2.29. The van der Waals surface area contributed by atoms with Gasteiger partial charge in [-0.1, -0.05) is 24.3 Å². The van der Waals surface area contributed by atoms with Crippen LogP contribution in [0.25, 0.3) is 22.3 Å². The number of halogens is 1. The minimum Gasteiger partial charge on any atom is -0.462 e. The largest absolute Gasteiger partial charge is 0.462 e. The van der Waals surface area contributed by atoms with E-state index in [-0.39, 0.29) is 11.9 Å². The molecule has 3 rings (SSSR count). The smallest absolute Gasteiger partial charge is 0.338 e. The predicted molar refractivity (Wildman–Crippen MR) is 122 cm³/mol. The number of rotatable bonds is 6. The molecule has 0 radical (unpaired) electrons. The fourth-order valence-electron chi connectivity index (χ4n) is 2.95. The van der Waals surface area contributed by atoms with Gasteiger partial charge in [0, 0.05) is 3.57 Å². The third-order valence-electron chi connectivity index (χ3n) is 4.36. The minimum absolute atomic E-state index is 0.316. The molecule has 0 N–H and O–H groups in total. The zero-order valence-electron chi connectivity index (χ0n) is 16.3. The molecular formula is C24H21IO4. The molecule has 5 heteroatoms. The van der Waals surface area contributed by atoms with Gasteiger partial charge in [-0.25, -0.2) is 9.59 Å². The predicted octanol–water partition coefficient (Wildman–Crippen LogP) is 5.98. The molecule has 0 atom stereocenters. The highest BCUT2D eigenvalue weighted by molar-refractivity contribution is 14.1. The highest BCUT2D eigenvalue weighted by Gasteiger charge is 2.10. The first-order valence-corrected chi connectivity index (χ1v) is 10.5. The molecule has 0 amide bonds. The molecule has 0 spiro atoms. The lowest BCUT2D eigenvalue weighted by atomic mass is 9.98. The van der Waals surface area contributed by atoms with Crippen LogP contribution >= 0.6 is 22.6 Å². The standard InChI is InChI=1S/C24H21IO4/c1-3-28-23(26)18-9-5-16(6-10-18)20-13-21(15-22(25)14-20)17-7-11-19(12-8-17)24(27)29-4-2/h5-15H,3-4H2,1-2H3. The van der Waals surface area contributed by atoms with Crippen molar-refractivity contribution < 1.29 is 19.1 Å². The molecule has 0 fully saturated rings. The molecule has 4 nitrogen and oxygen atoms in total. The molecule has 148 valence electrons.